The maximum atomic E-state index is 9.43. The van der Waals surface area contributed by atoms with Crippen LogP contribution in [0.2, 0.25) is 0 Å². The first-order valence-electron chi connectivity index (χ1n) is 9.42. The summed E-state index contributed by atoms with van der Waals surface area (Å²) in [5, 5.41) is 12.7. The minimum Gasteiger partial charge on any atom is -0.424 e. The van der Waals surface area contributed by atoms with Crippen LogP contribution >= 0.6 is 0 Å². The van der Waals surface area contributed by atoms with Crippen LogP contribution < -0.4 is 5.32 Å². The quantitative estimate of drug-likeness (QED) is 0.647. The monoisotopic (exact) mass is 357 g/mol. The zero-order valence-electron chi connectivity index (χ0n) is 15.6. The average Bonchev–Trinajstić information content (AvgIpc) is 3.40. The number of hydrogen-bond donors (Lipinski definition) is 1. The molecule has 0 bridgehead atoms. The van der Waals surface area contributed by atoms with Gasteiger partial charge in [-0.05, 0) is 41.9 Å². The van der Waals surface area contributed by atoms with Gasteiger partial charge in [0.15, 0.2) is 0 Å². The first-order chi connectivity index (χ1) is 13.2. The van der Waals surface area contributed by atoms with Crippen LogP contribution in [0.3, 0.4) is 0 Å². The van der Waals surface area contributed by atoms with Gasteiger partial charge in [0.25, 0.3) is 0 Å². The minimum atomic E-state index is 0.267. The van der Waals surface area contributed by atoms with E-state index in [0.717, 1.165) is 6.42 Å². The number of anilines is 1. The molecule has 3 unspecified atom stereocenters. The molecule has 4 heteroatoms. The molecule has 1 heterocycles. The largest absolute Gasteiger partial charge is 0.424 e. The topological polar surface area (TPSA) is 61.9 Å². The van der Waals surface area contributed by atoms with E-state index in [1.165, 1.54) is 16.7 Å². The number of aryl methyl sites for hydroxylation is 1. The molecular formula is C23H23N3O. The van der Waals surface area contributed by atoms with E-state index in [0.29, 0.717) is 35.8 Å². The Balaban J connectivity index is 1.45. The van der Waals surface area contributed by atoms with Gasteiger partial charge in [0, 0.05) is 12.5 Å². The number of benzene rings is 2. The number of rotatable bonds is 6. The van der Waals surface area contributed by atoms with Crippen molar-refractivity contribution in [1.29, 1.82) is 5.26 Å². The molecular weight excluding hydrogens is 334 g/mol. The summed E-state index contributed by atoms with van der Waals surface area (Å²) in [6.07, 6.45) is 1.02. The molecule has 0 spiro atoms. The molecule has 4 nitrogen and oxygen atoms in total. The number of aromatic nitrogens is 1. The number of oxazole rings is 1. The van der Waals surface area contributed by atoms with Crippen LogP contribution in [0.25, 0.3) is 0 Å². The third-order valence-electron chi connectivity index (χ3n) is 5.37. The lowest BCUT2D eigenvalue weighted by Gasteiger charge is -2.15. The molecule has 3 aromatic rings. The highest BCUT2D eigenvalue weighted by atomic mass is 16.4. The van der Waals surface area contributed by atoms with E-state index < -0.39 is 0 Å². The van der Waals surface area contributed by atoms with Crippen molar-refractivity contribution < 1.29 is 4.42 Å². The van der Waals surface area contributed by atoms with Crippen LogP contribution in [0.15, 0.2) is 59.0 Å². The third kappa shape index (κ3) is 3.59. The van der Waals surface area contributed by atoms with Crippen LogP contribution in [-0.4, -0.2) is 11.5 Å². The minimum absolute atomic E-state index is 0.267. The summed E-state index contributed by atoms with van der Waals surface area (Å²) in [7, 11) is 0. The molecule has 1 aliphatic carbocycles. The Morgan fingerprint density at radius 1 is 1.15 bits per heavy atom. The molecule has 0 aliphatic heterocycles. The molecule has 1 saturated carbocycles. The fourth-order valence-corrected chi connectivity index (χ4v) is 3.72. The Morgan fingerprint density at radius 2 is 1.89 bits per heavy atom. The Morgan fingerprint density at radius 3 is 2.63 bits per heavy atom. The van der Waals surface area contributed by atoms with Crippen molar-refractivity contribution in [3.8, 4) is 6.07 Å². The SMILES string of the molecule is Cc1ccccc1C(C)CNc1oc(C2CC2c2ccccc2)nc1C#N. The Kier molecular flexibility index (Phi) is 4.68. The maximum absolute atomic E-state index is 9.43. The van der Waals surface area contributed by atoms with Crippen molar-refractivity contribution in [3.05, 3.63) is 82.9 Å². The van der Waals surface area contributed by atoms with E-state index in [2.05, 4.69) is 72.7 Å². The summed E-state index contributed by atoms with van der Waals surface area (Å²) >= 11 is 0. The average molecular weight is 357 g/mol. The molecule has 1 fully saturated rings. The van der Waals surface area contributed by atoms with Crippen molar-refractivity contribution in [3.63, 3.8) is 0 Å². The van der Waals surface area contributed by atoms with E-state index >= 15 is 0 Å². The smallest absolute Gasteiger partial charge is 0.232 e. The number of hydrogen-bond acceptors (Lipinski definition) is 4. The molecule has 27 heavy (non-hydrogen) atoms. The van der Waals surface area contributed by atoms with Gasteiger partial charge in [-0.2, -0.15) is 5.26 Å². The van der Waals surface area contributed by atoms with Crippen LogP contribution in [0.1, 0.15) is 59.4 Å². The Hall–Kier alpha value is -3.06. The van der Waals surface area contributed by atoms with Gasteiger partial charge in [-0.3, -0.25) is 0 Å². The molecule has 136 valence electrons. The Labute approximate surface area is 159 Å². The molecule has 1 aliphatic rings. The van der Waals surface area contributed by atoms with Crippen molar-refractivity contribution >= 4 is 5.88 Å². The second-order valence-corrected chi connectivity index (χ2v) is 7.34. The molecule has 2 aromatic carbocycles. The highest BCUT2D eigenvalue weighted by molar-refractivity contribution is 5.47. The van der Waals surface area contributed by atoms with Gasteiger partial charge < -0.3 is 9.73 Å². The normalized spacial score (nSPS) is 19.3. The lowest BCUT2D eigenvalue weighted by atomic mass is 9.96. The maximum Gasteiger partial charge on any atom is 0.232 e. The summed E-state index contributed by atoms with van der Waals surface area (Å²) < 4.78 is 5.95. The van der Waals surface area contributed by atoms with Crippen molar-refractivity contribution in [1.82, 2.24) is 4.98 Å². The number of nitriles is 1. The van der Waals surface area contributed by atoms with Crippen molar-refractivity contribution in [2.45, 2.75) is 38.0 Å². The molecule has 0 radical (unpaired) electrons. The van der Waals surface area contributed by atoms with Gasteiger partial charge in [0.1, 0.15) is 6.07 Å². The number of nitrogens with zero attached hydrogens (tertiary/aromatic N) is 2. The first-order valence-corrected chi connectivity index (χ1v) is 9.42. The zero-order valence-corrected chi connectivity index (χ0v) is 15.6. The van der Waals surface area contributed by atoms with Gasteiger partial charge in [0.2, 0.25) is 17.5 Å². The number of nitrogens with one attached hydrogen (secondary N) is 1. The molecule has 1 N–H and O–H groups in total. The molecule has 4 rings (SSSR count). The van der Waals surface area contributed by atoms with Gasteiger partial charge in [-0.25, -0.2) is 4.98 Å². The van der Waals surface area contributed by atoms with Gasteiger partial charge in [-0.1, -0.05) is 61.5 Å². The zero-order chi connectivity index (χ0) is 18.8. The second-order valence-electron chi connectivity index (χ2n) is 7.34. The highest BCUT2D eigenvalue weighted by Gasteiger charge is 2.43. The van der Waals surface area contributed by atoms with Crippen LogP contribution in [0.4, 0.5) is 5.88 Å². The van der Waals surface area contributed by atoms with Crippen molar-refractivity contribution in [2.75, 3.05) is 11.9 Å². The predicted octanol–water partition coefficient (Wildman–Crippen LogP) is 5.34. The molecule has 0 saturated heterocycles. The van der Waals surface area contributed by atoms with E-state index in [-0.39, 0.29) is 5.92 Å². The molecule has 0 amide bonds. The fourth-order valence-electron chi connectivity index (χ4n) is 3.72. The summed E-state index contributed by atoms with van der Waals surface area (Å²) in [6, 6.07) is 21.0. The molecule has 1 aromatic heterocycles. The lowest BCUT2D eigenvalue weighted by molar-refractivity contribution is 0.503. The van der Waals surface area contributed by atoms with E-state index in [9.17, 15) is 5.26 Å². The van der Waals surface area contributed by atoms with Crippen LogP contribution in [0, 0.1) is 18.3 Å². The van der Waals surface area contributed by atoms with Gasteiger partial charge in [0.05, 0.1) is 0 Å². The summed E-state index contributed by atoms with van der Waals surface area (Å²) in [5.41, 5.74) is 4.23. The predicted molar refractivity (Wildman–Crippen MR) is 106 cm³/mol. The standard InChI is InChI=1S/C23H23N3O/c1-15-8-6-7-11-18(15)16(2)14-25-23-21(13-24)26-22(27-23)20-12-19(20)17-9-4-3-5-10-17/h3-11,16,19-20,25H,12,14H2,1-2H3. The Bertz CT molecular complexity index is 971. The van der Waals surface area contributed by atoms with E-state index in [4.69, 9.17) is 4.42 Å². The first kappa shape index (κ1) is 17.4. The molecule has 3 atom stereocenters. The van der Waals surface area contributed by atoms with E-state index in [1.54, 1.807) is 0 Å². The fraction of sp³-hybridized carbons (Fsp3) is 0.304. The highest BCUT2D eigenvalue weighted by Crippen LogP contribution is 2.54. The van der Waals surface area contributed by atoms with Crippen LogP contribution in [-0.2, 0) is 0 Å². The summed E-state index contributed by atoms with van der Waals surface area (Å²) in [6.45, 7) is 4.99. The summed E-state index contributed by atoms with van der Waals surface area (Å²) in [5.74, 6) is 2.18. The second kappa shape index (κ2) is 7.28. The van der Waals surface area contributed by atoms with Crippen LogP contribution in [0.5, 0.6) is 0 Å². The van der Waals surface area contributed by atoms with Gasteiger partial charge in [-0.15, -0.1) is 0 Å². The van der Waals surface area contributed by atoms with Gasteiger partial charge >= 0.3 is 0 Å². The third-order valence-corrected chi connectivity index (χ3v) is 5.37. The van der Waals surface area contributed by atoms with E-state index in [1.807, 2.05) is 12.1 Å². The lowest BCUT2D eigenvalue weighted by Crippen LogP contribution is -2.11. The van der Waals surface area contributed by atoms with Crippen molar-refractivity contribution in [2.24, 2.45) is 0 Å². The summed E-state index contributed by atoms with van der Waals surface area (Å²) in [4.78, 5) is 4.44.